The van der Waals surface area contributed by atoms with E-state index in [1.807, 2.05) is 0 Å². The summed E-state index contributed by atoms with van der Waals surface area (Å²) in [6, 6.07) is 10.7. The van der Waals surface area contributed by atoms with Crippen LogP contribution in [0, 0.1) is 0 Å². The van der Waals surface area contributed by atoms with Crippen molar-refractivity contribution in [1.82, 2.24) is 5.32 Å². The first-order valence-corrected chi connectivity index (χ1v) is 11.1. The Kier molecular flexibility index (Phi) is 4.59. The lowest BCUT2D eigenvalue weighted by Gasteiger charge is -2.40. The maximum absolute atomic E-state index is 3.70. The van der Waals surface area contributed by atoms with Crippen LogP contribution in [0.15, 0.2) is 53.1 Å². The van der Waals surface area contributed by atoms with E-state index in [2.05, 4.69) is 82.5 Å². The van der Waals surface area contributed by atoms with E-state index in [9.17, 15) is 0 Å². The van der Waals surface area contributed by atoms with Gasteiger partial charge in [-0.25, -0.2) is 0 Å². The van der Waals surface area contributed by atoms with Gasteiger partial charge in [-0.05, 0) is 38.1 Å². The zero-order chi connectivity index (χ0) is 15.7. The highest BCUT2D eigenvalue weighted by Crippen LogP contribution is 2.52. The molecule has 1 nitrogen and oxygen atoms in total. The number of nitrogens with one attached hydrogen (secondary N) is 1. The van der Waals surface area contributed by atoms with Crippen LogP contribution in [0.3, 0.4) is 0 Å². The summed E-state index contributed by atoms with van der Waals surface area (Å²) in [6.45, 7) is 15.3. The van der Waals surface area contributed by atoms with E-state index in [-0.39, 0.29) is 5.04 Å². The number of hydrogen-bond acceptors (Lipinski definition) is 1. The van der Waals surface area contributed by atoms with Crippen LogP contribution in [0.4, 0.5) is 0 Å². The van der Waals surface area contributed by atoms with E-state index in [0.717, 1.165) is 12.7 Å². The van der Waals surface area contributed by atoms with Crippen LogP contribution in [0.2, 0.25) is 18.1 Å². The van der Waals surface area contributed by atoms with E-state index < -0.39 is 8.07 Å². The van der Waals surface area contributed by atoms with Crippen LogP contribution in [0.5, 0.6) is 0 Å². The molecule has 0 saturated carbocycles. The van der Waals surface area contributed by atoms with Crippen LogP contribution >= 0.6 is 0 Å². The van der Waals surface area contributed by atoms with Crippen molar-refractivity contribution < 1.29 is 0 Å². The third-order valence-electron chi connectivity index (χ3n) is 5.58. The Morgan fingerprint density at radius 3 is 2.19 bits per heavy atom. The lowest BCUT2D eigenvalue weighted by Crippen LogP contribution is -2.48. The lowest BCUT2D eigenvalue weighted by molar-refractivity contribution is 0.742. The maximum Gasteiger partial charge on any atom is 0.0774 e. The second-order valence-electron chi connectivity index (χ2n) is 7.25. The van der Waals surface area contributed by atoms with Gasteiger partial charge < -0.3 is 5.32 Å². The summed E-state index contributed by atoms with van der Waals surface area (Å²) >= 11 is 0. The molecule has 1 unspecified atom stereocenters. The first-order valence-electron chi connectivity index (χ1n) is 7.90. The smallest absolute Gasteiger partial charge is 0.0774 e. The van der Waals surface area contributed by atoms with E-state index in [4.69, 9.17) is 0 Å². The number of benzene rings is 1. The molecule has 2 rings (SSSR count). The minimum Gasteiger partial charge on any atom is -0.315 e. The minimum atomic E-state index is -1.44. The summed E-state index contributed by atoms with van der Waals surface area (Å²) < 4.78 is 0. The third kappa shape index (κ3) is 3.07. The lowest BCUT2D eigenvalue weighted by atomic mass is 10.0. The fourth-order valence-electron chi connectivity index (χ4n) is 3.34. The highest BCUT2D eigenvalue weighted by Gasteiger charge is 2.45. The molecule has 2 heteroatoms. The Hall–Kier alpha value is -1.12. The van der Waals surface area contributed by atoms with E-state index >= 15 is 0 Å². The van der Waals surface area contributed by atoms with Gasteiger partial charge in [-0.1, -0.05) is 67.6 Å². The Morgan fingerprint density at radius 1 is 1.05 bits per heavy atom. The average Bonchev–Trinajstić information content (AvgIpc) is 2.65. The van der Waals surface area contributed by atoms with Gasteiger partial charge in [0.25, 0.3) is 0 Å². The van der Waals surface area contributed by atoms with Crippen molar-refractivity contribution in [3.63, 3.8) is 0 Å². The van der Waals surface area contributed by atoms with Crippen molar-refractivity contribution >= 4 is 8.07 Å². The van der Waals surface area contributed by atoms with Crippen molar-refractivity contribution in [1.29, 1.82) is 0 Å². The normalized spacial score (nSPS) is 22.7. The fourth-order valence-corrected chi connectivity index (χ4v) is 6.26. The first-order chi connectivity index (χ1) is 9.78. The number of allylic oxidation sites excluding steroid dienone is 4. The largest absolute Gasteiger partial charge is 0.315 e. The fraction of sp³-hybridized carbons (Fsp3) is 0.474. The molecule has 0 radical (unpaired) electrons. The van der Waals surface area contributed by atoms with Gasteiger partial charge in [0.2, 0.25) is 0 Å². The molecule has 0 aliphatic heterocycles. The molecule has 0 spiro atoms. The van der Waals surface area contributed by atoms with Crippen LogP contribution in [-0.2, 0) is 6.54 Å². The molecule has 1 aromatic carbocycles. The van der Waals surface area contributed by atoms with Crippen molar-refractivity contribution in [2.24, 2.45) is 0 Å². The quantitative estimate of drug-likeness (QED) is 0.748. The van der Waals surface area contributed by atoms with Gasteiger partial charge in [-0.15, -0.1) is 0 Å². The first kappa shape index (κ1) is 16.3. The molecule has 114 valence electrons. The summed E-state index contributed by atoms with van der Waals surface area (Å²) in [5.74, 6) is 0. The SMILES string of the molecule is CC1=CC(C)([Si](C)(C)CNCc2ccccc2)C(C)=C1C. The number of rotatable bonds is 5. The Balaban J connectivity index is 2.06. The summed E-state index contributed by atoms with van der Waals surface area (Å²) in [5, 5.41) is 3.99. The molecule has 0 heterocycles. The van der Waals surface area contributed by atoms with Gasteiger partial charge in [-0.3, -0.25) is 0 Å². The molecule has 1 aromatic rings. The molecule has 0 bridgehead atoms. The van der Waals surface area contributed by atoms with E-state index in [1.165, 1.54) is 16.7 Å². The molecule has 0 aromatic heterocycles. The molecule has 0 amide bonds. The molecular weight excluding hydrogens is 270 g/mol. The predicted molar refractivity (Wildman–Crippen MR) is 96.1 cm³/mol. The molecule has 0 saturated heterocycles. The second kappa shape index (κ2) is 5.94. The number of hydrogen-bond donors (Lipinski definition) is 1. The zero-order valence-electron chi connectivity index (χ0n) is 14.4. The summed E-state index contributed by atoms with van der Waals surface area (Å²) in [4.78, 5) is 0. The highest BCUT2D eigenvalue weighted by molar-refractivity contribution is 6.81. The van der Waals surface area contributed by atoms with Gasteiger partial charge in [0.15, 0.2) is 0 Å². The summed E-state index contributed by atoms with van der Waals surface area (Å²) in [5.41, 5.74) is 5.92. The van der Waals surface area contributed by atoms with Gasteiger partial charge in [0.1, 0.15) is 0 Å². The molecular formula is C19H29NSi. The summed E-state index contributed by atoms with van der Waals surface area (Å²) in [7, 11) is -1.44. The predicted octanol–water partition coefficient (Wildman–Crippen LogP) is 5.08. The average molecular weight is 300 g/mol. The van der Waals surface area contributed by atoms with Crippen LogP contribution in [0.25, 0.3) is 0 Å². The highest BCUT2D eigenvalue weighted by atomic mass is 28.3. The van der Waals surface area contributed by atoms with Crippen molar-refractivity contribution in [2.75, 3.05) is 6.17 Å². The van der Waals surface area contributed by atoms with Gasteiger partial charge >= 0.3 is 0 Å². The minimum absolute atomic E-state index is 0.283. The maximum atomic E-state index is 3.70. The van der Waals surface area contributed by atoms with Crippen LogP contribution < -0.4 is 5.32 Å². The molecule has 1 aliphatic rings. The molecule has 0 fully saturated rings. The van der Waals surface area contributed by atoms with E-state index in [0.29, 0.717) is 0 Å². The van der Waals surface area contributed by atoms with Crippen molar-refractivity contribution in [3.05, 3.63) is 58.7 Å². The Morgan fingerprint density at radius 2 is 1.67 bits per heavy atom. The molecule has 21 heavy (non-hydrogen) atoms. The summed E-state index contributed by atoms with van der Waals surface area (Å²) in [6.07, 6.45) is 3.67. The zero-order valence-corrected chi connectivity index (χ0v) is 15.4. The van der Waals surface area contributed by atoms with Crippen LogP contribution in [0.1, 0.15) is 33.3 Å². The second-order valence-corrected chi connectivity index (χ2v) is 12.4. The Labute approximate surface area is 131 Å². The molecule has 1 aliphatic carbocycles. The topological polar surface area (TPSA) is 12.0 Å². The van der Waals surface area contributed by atoms with E-state index in [1.54, 1.807) is 5.57 Å². The molecule has 1 atom stereocenters. The van der Waals surface area contributed by atoms with Crippen molar-refractivity contribution in [2.45, 2.75) is 52.4 Å². The Bertz CT molecular complexity index is 568. The monoisotopic (exact) mass is 299 g/mol. The van der Waals surface area contributed by atoms with Crippen LogP contribution in [-0.4, -0.2) is 14.2 Å². The molecule has 1 N–H and O–H groups in total. The van der Waals surface area contributed by atoms with Gasteiger partial charge in [0.05, 0.1) is 8.07 Å². The van der Waals surface area contributed by atoms with Crippen molar-refractivity contribution in [3.8, 4) is 0 Å². The van der Waals surface area contributed by atoms with Gasteiger partial charge in [0, 0.05) is 11.6 Å². The third-order valence-corrected chi connectivity index (χ3v) is 10.0. The standard InChI is InChI=1S/C19H29NSi/c1-15-12-19(4,17(3)16(15)2)21(5,6)14-20-13-18-10-8-7-9-11-18/h7-12,20H,13-14H2,1-6H3. The van der Waals surface area contributed by atoms with Gasteiger partial charge in [-0.2, -0.15) is 0 Å².